The van der Waals surface area contributed by atoms with Crippen LogP contribution >= 0.6 is 15.9 Å². The number of rotatable bonds is 5. The molecular formula is C16H10BrF3N2O6. The molecule has 148 valence electrons. The van der Waals surface area contributed by atoms with E-state index >= 15 is 0 Å². The zero-order valence-electron chi connectivity index (χ0n) is 13.6. The molecule has 2 N–H and O–H groups in total. The number of nitro groups is 1. The summed E-state index contributed by atoms with van der Waals surface area (Å²) in [4.78, 5) is 33.6. The number of nitro benzene ring substituents is 1. The lowest BCUT2D eigenvalue weighted by Crippen LogP contribution is -2.21. The molecule has 2 rings (SSSR count). The van der Waals surface area contributed by atoms with Gasteiger partial charge in [0, 0.05) is 10.5 Å². The van der Waals surface area contributed by atoms with Gasteiger partial charge in [0.05, 0.1) is 10.5 Å². The van der Waals surface area contributed by atoms with Crippen molar-refractivity contribution in [1.29, 1.82) is 0 Å². The van der Waals surface area contributed by atoms with Gasteiger partial charge in [-0.2, -0.15) is 13.2 Å². The molecule has 0 radical (unpaired) electrons. The molecule has 1 amide bonds. The fraction of sp³-hybridized carbons (Fsp3) is 0.125. The third-order valence-electron chi connectivity index (χ3n) is 3.31. The zero-order valence-corrected chi connectivity index (χ0v) is 15.2. The average Bonchev–Trinajstić information content (AvgIpc) is 2.60. The molecule has 12 heteroatoms. The molecule has 0 aliphatic rings. The minimum atomic E-state index is -4.80. The molecule has 0 atom stereocenters. The summed E-state index contributed by atoms with van der Waals surface area (Å²) in [5.74, 6) is -2.46. The summed E-state index contributed by atoms with van der Waals surface area (Å²) in [6, 6.07) is 5.49. The van der Waals surface area contributed by atoms with Crippen LogP contribution in [0.2, 0.25) is 0 Å². The molecule has 8 nitrogen and oxygen atoms in total. The van der Waals surface area contributed by atoms with Crippen molar-refractivity contribution >= 4 is 39.2 Å². The lowest BCUT2D eigenvalue weighted by Gasteiger charge is -2.10. The van der Waals surface area contributed by atoms with Crippen molar-refractivity contribution in [3.05, 3.63) is 62.1 Å². The van der Waals surface area contributed by atoms with Gasteiger partial charge >= 0.3 is 12.1 Å². The number of alkyl halides is 3. The first-order valence-electron chi connectivity index (χ1n) is 7.30. The summed E-state index contributed by atoms with van der Waals surface area (Å²) < 4.78 is 43.2. The largest absolute Gasteiger partial charge is 0.507 e. The summed E-state index contributed by atoms with van der Waals surface area (Å²) in [6.07, 6.45) is -4.80. The molecule has 0 heterocycles. The maximum Gasteiger partial charge on any atom is 0.416 e. The highest BCUT2D eigenvalue weighted by Crippen LogP contribution is 2.35. The first-order valence-corrected chi connectivity index (χ1v) is 8.09. The van der Waals surface area contributed by atoms with Crippen LogP contribution in [-0.2, 0) is 15.7 Å². The van der Waals surface area contributed by atoms with Crippen LogP contribution in [0.4, 0.5) is 24.5 Å². The molecule has 2 aromatic rings. The molecule has 0 fully saturated rings. The number of amides is 1. The quantitative estimate of drug-likeness (QED) is 0.395. The number of esters is 1. The molecule has 0 saturated carbocycles. The highest BCUT2D eigenvalue weighted by Gasteiger charge is 2.33. The molecule has 0 aliphatic heterocycles. The van der Waals surface area contributed by atoms with Crippen LogP contribution in [0.25, 0.3) is 0 Å². The van der Waals surface area contributed by atoms with Crippen LogP contribution < -0.4 is 5.32 Å². The topological polar surface area (TPSA) is 119 Å². The second-order valence-electron chi connectivity index (χ2n) is 5.27. The minimum Gasteiger partial charge on any atom is -0.507 e. The number of nitrogens with one attached hydrogen (secondary N) is 1. The van der Waals surface area contributed by atoms with E-state index in [0.29, 0.717) is 10.5 Å². The van der Waals surface area contributed by atoms with Crippen LogP contribution in [-0.4, -0.2) is 28.5 Å². The Hall–Kier alpha value is -3.15. The number of aromatic hydroxyl groups is 1. The van der Waals surface area contributed by atoms with Crippen molar-refractivity contribution in [1.82, 2.24) is 0 Å². The Labute approximate surface area is 163 Å². The van der Waals surface area contributed by atoms with Gasteiger partial charge in [-0.3, -0.25) is 14.9 Å². The summed E-state index contributed by atoms with van der Waals surface area (Å²) in [6.45, 7) is -0.886. The van der Waals surface area contributed by atoms with E-state index in [-0.39, 0.29) is 11.6 Å². The van der Waals surface area contributed by atoms with Gasteiger partial charge in [0.1, 0.15) is 17.0 Å². The summed E-state index contributed by atoms with van der Waals surface area (Å²) in [7, 11) is 0. The standard InChI is InChI=1S/C16H10BrF3N2O6/c17-9-2-4-13(23)10(6-9)15(25)28-7-14(24)21-11-3-1-8(16(18,19)20)5-12(11)22(26)27/h1-6,23H,7H2,(H,21,24). The molecule has 2 aromatic carbocycles. The van der Waals surface area contributed by atoms with Crippen molar-refractivity contribution in [3.63, 3.8) is 0 Å². The van der Waals surface area contributed by atoms with E-state index in [9.17, 15) is 38.0 Å². The van der Waals surface area contributed by atoms with E-state index in [1.165, 1.54) is 18.2 Å². The lowest BCUT2D eigenvalue weighted by atomic mass is 10.1. The van der Waals surface area contributed by atoms with Gasteiger partial charge in [-0.25, -0.2) is 4.79 Å². The SMILES string of the molecule is O=C(COC(=O)c1cc(Br)ccc1O)Nc1ccc(C(F)(F)F)cc1[N+](=O)[O-]. The van der Waals surface area contributed by atoms with E-state index in [2.05, 4.69) is 15.9 Å². The number of hydrogen-bond acceptors (Lipinski definition) is 6. The van der Waals surface area contributed by atoms with Crippen molar-refractivity contribution in [2.75, 3.05) is 11.9 Å². The minimum absolute atomic E-state index is 0.234. The fourth-order valence-corrected chi connectivity index (χ4v) is 2.39. The number of phenols is 1. The highest BCUT2D eigenvalue weighted by molar-refractivity contribution is 9.10. The monoisotopic (exact) mass is 462 g/mol. The Balaban J connectivity index is 2.09. The van der Waals surface area contributed by atoms with E-state index in [1.807, 2.05) is 5.32 Å². The summed E-state index contributed by atoms with van der Waals surface area (Å²) in [5.41, 5.74) is -2.96. The molecular weight excluding hydrogens is 453 g/mol. The Morgan fingerprint density at radius 3 is 2.50 bits per heavy atom. The van der Waals surface area contributed by atoms with Gasteiger partial charge in [0.2, 0.25) is 0 Å². The molecule has 0 unspecified atom stereocenters. The molecule has 0 spiro atoms. The maximum atomic E-state index is 12.7. The normalized spacial score (nSPS) is 11.0. The van der Waals surface area contributed by atoms with E-state index < -0.39 is 52.3 Å². The molecule has 0 aliphatic carbocycles. The van der Waals surface area contributed by atoms with Gasteiger partial charge in [0.15, 0.2) is 6.61 Å². The van der Waals surface area contributed by atoms with Gasteiger partial charge in [-0.1, -0.05) is 15.9 Å². The second-order valence-corrected chi connectivity index (χ2v) is 6.19. The molecule has 28 heavy (non-hydrogen) atoms. The number of phenolic OH excluding ortho intramolecular Hbond substituents is 1. The van der Waals surface area contributed by atoms with E-state index in [4.69, 9.17) is 4.74 Å². The highest BCUT2D eigenvalue weighted by atomic mass is 79.9. The third kappa shape index (κ3) is 5.19. The number of ether oxygens (including phenoxy) is 1. The Kier molecular flexibility index (Phi) is 6.23. The van der Waals surface area contributed by atoms with Gasteiger partial charge in [-0.15, -0.1) is 0 Å². The lowest BCUT2D eigenvalue weighted by molar-refractivity contribution is -0.384. The number of halogens is 4. The number of carbonyl (C=O) groups excluding carboxylic acids is 2. The average molecular weight is 463 g/mol. The van der Waals surface area contributed by atoms with Crippen molar-refractivity contribution in [2.24, 2.45) is 0 Å². The summed E-state index contributed by atoms with van der Waals surface area (Å²) >= 11 is 3.09. The van der Waals surface area contributed by atoms with Crippen molar-refractivity contribution < 1.29 is 37.5 Å². The number of anilines is 1. The van der Waals surface area contributed by atoms with Crippen LogP contribution in [0.3, 0.4) is 0 Å². The van der Waals surface area contributed by atoms with Gasteiger partial charge in [-0.05, 0) is 30.3 Å². The summed E-state index contributed by atoms with van der Waals surface area (Å²) in [5, 5.41) is 22.6. The third-order valence-corrected chi connectivity index (χ3v) is 3.80. The predicted octanol–water partition coefficient (Wildman–Crippen LogP) is 3.88. The van der Waals surface area contributed by atoms with Gasteiger partial charge < -0.3 is 15.2 Å². The van der Waals surface area contributed by atoms with Crippen LogP contribution in [0.1, 0.15) is 15.9 Å². The maximum absolute atomic E-state index is 12.7. The van der Waals surface area contributed by atoms with Crippen LogP contribution in [0.5, 0.6) is 5.75 Å². The van der Waals surface area contributed by atoms with Crippen molar-refractivity contribution in [2.45, 2.75) is 6.18 Å². The fourth-order valence-electron chi connectivity index (χ4n) is 2.03. The number of benzene rings is 2. The Morgan fingerprint density at radius 2 is 1.89 bits per heavy atom. The van der Waals surface area contributed by atoms with Gasteiger partial charge in [0.25, 0.3) is 11.6 Å². The van der Waals surface area contributed by atoms with Crippen molar-refractivity contribution in [3.8, 4) is 5.75 Å². The Morgan fingerprint density at radius 1 is 1.21 bits per heavy atom. The molecule has 0 bridgehead atoms. The van der Waals surface area contributed by atoms with Crippen LogP contribution in [0.15, 0.2) is 40.9 Å². The molecule has 0 saturated heterocycles. The zero-order chi connectivity index (χ0) is 21.1. The second kappa shape index (κ2) is 8.25. The smallest absolute Gasteiger partial charge is 0.416 e. The van der Waals surface area contributed by atoms with Crippen LogP contribution in [0, 0.1) is 10.1 Å². The van der Waals surface area contributed by atoms with E-state index in [0.717, 1.165) is 6.07 Å². The predicted molar refractivity (Wildman–Crippen MR) is 92.8 cm³/mol. The first-order chi connectivity index (χ1) is 13.0. The first kappa shape index (κ1) is 21.2. The number of hydrogen-bond donors (Lipinski definition) is 2. The Bertz CT molecular complexity index is 948. The van der Waals surface area contributed by atoms with E-state index in [1.54, 1.807) is 0 Å². The molecule has 0 aromatic heterocycles. The number of carbonyl (C=O) groups is 2. The number of nitrogens with zero attached hydrogens (tertiary/aromatic N) is 1.